The summed E-state index contributed by atoms with van der Waals surface area (Å²) in [6.45, 7) is 0. The van der Waals surface area contributed by atoms with E-state index < -0.39 is 0 Å². The van der Waals surface area contributed by atoms with Crippen molar-refractivity contribution < 1.29 is 0 Å². The molecule has 1 saturated carbocycles. The van der Waals surface area contributed by atoms with Crippen LogP contribution in [0, 0.1) is 11.3 Å². The summed E-state index contributed by atoms with van der Waals surface area (Å²) in [5.74, 6) is 0. The third-order valence-corrected chi connectivity index (χ3v) is 3.73. The molecule has 0 saturated heterocycles. The fraction of sp³-hybridized carbons (Fsp3) is 0.462. The van der Waals surface area contributed by atoms with Crippen LogP contribution in [0.3, 0.4) is 0 Å². The Hall–Kier alpha value is -1.05. The molecule has 90 valence electrons. The molecule has 2 rings (SSSR count). The van der Waals surface area contributed by atoms with Crippen LogP contribution in [0.1, 0.15) is 31.2 Å². The second-order valence-corrected chi connectivity index (χ2v) is 5.47. The summed E-state index contributed by atoms with van der Waals surface area (Å²) in [6, 6.07) is 8.70. The maximum atomic E-state index is 9.06. The van der Waals surface area contributed by atoms with Crippen molar-refractivity contribution in [1.29, 1.82) is 5.26 Å². The lowest BCUT2D eigenvalue weighted by molar-refractivity contribution is 0.411. The number of halogens is 1. The highest BCUT2D eigenvalue weighted by molar-refractivity contribution is 9.10. The summed E-state index contributed by atoms with van der Waals surface area (Å²) >= 11 is 3.43. The first kappa shape index (κ1) is 12.4. The van der Waals surface area contributed by atoms with Gasteiger partial charge >= 0.3 is 0 Å². The summed E-state index contributed by atoms with van der Waals surface area (Å²) in [4.78, 5) is 0. The Morgan fingerprint density at radius 2 is 2.00 bits per heavy atom. The van der Waals surface area contributed by atoms with Gasteiger partial charge < -0.3 is 11.1 Å². The van der Waals surface area contributed by atoms with Gasteiger partial charge in [0.1, 0.15) is 6.07 Å². The largest absolute Gasteiger partial charge is 0.381 e. The molecule has 17 heavy (non-hydrogen) atoms. The predicted molar refractivity (Wildman–Crippen MR) is 72.7 cm³/mol. The van der Waals surface area contributed by atoms with Gasteiger partial charge in [-0.05, 0) is 43.9 Å². The van der Waals surface area contributed by atoms with E-state index in [0.29, 0.717) is 17.6 Å². The Kier molecular flexibility index (Phi) is 4.03. The van der Waals surface area contributed by atoms with E-state index in [1.807, 2.05) is 18.2 Å². The van der Waals surface area contributed by atoms with Crippen LogP contribution in [-0.4, -0.2) is 12.1 Å². The molecule has 3 N–H and O–H groups in total. The van der Waals surface area contributed by atoms with E-state index in [1.165, 1.54) is 0 Å². The molecule has 1 aromatic rings. The fourth-order valence-corrected chi connectivity index (χ4v) is 2.58. The third-order valence-electron chi connectivity index (χ3n) is 3.23. The molecule has 0 spiro atoms. The molecule has 1 aliphatic carbocycles. The maximum absolute atomic E-state index is 9.06. The highest BCUT2D eigenvalue weighted by Crippen LogP contribution is 2.25. The van der Waals surface area contributed by atoms with Crippen LogP contribution in [-0.2, 0) is 0 Å². The van der Waals surface area contributed by atoms with Gasteiger partial charge in [0.2, 0.25) is 0 Å². The molecular formula is C13H16BrN3. The van der Waals surface area contributed by atoms with E-state index >= 15 is 0 Å². The van der Waals surface area contributed by atoms with E-state index in [2.05, 4.69) is 27.3 Å². The Labute approximate surface area is 110 Å². The van der Waals surface area contributed by atoms with Gasteiger partial charge in [-0.15, -0.1) is 0 Å². The zero-order valence-corrected chi connectivity index (χ0v) is 11.2. The molecule has 0 bridgehead atoms. The molecule has 0 aromatic heterocycles. The molecule has 1 fully saturated rings. The lowest BCUT2D eigenvalue weighted by Crippen LogP contribution is -2.32. The average Bonchev–Trinajstić information content (AvgIpc) is 2.32. The monoisotopic (exact) mass is 293 g/mol. The van der Waals surface area contributed by atoms with Gasteiger partial charge in [-0.25, -0.2) is 0 Å². The van der Waals surface area contributed by atoms with E-state index in [9.17, 15) is 0 Å². The van der Waals surface area contributed by atoms with Crippen molar-refractivity contribution in [3.05, 3.63) is 28.2 Å². The number of hydrogen-bond donors (Lipinski definition) is 2. The molecule has 4 heteroatoms. The van der Waals surface area contributed by atoms with Crippen LogP contribution < -0.4 is 11.1 Å². The van der Waals surface area contributed by atoms with Gasteiger partial charge in [-0.3, -0.25) is 0 Å². The summed E-state index contributed by atoms with van der Waals surface area (Å²) in [5.41, 5.74) is 7.50. The van der Waals surface area contributed by atoms with E-state index in [-0.39, 0.29) is 0 Å². The summed E-state index contributed by atoms with van der Waals surface area (Å²) < 4.78 is 0.992. The Morgan fingerprint density at radius 1 is 1.29 bits per heavy atom. The van der Waals surface area contributed by atoms with Crippen LogP contribution >= 0.6 is 15.9 Å². The average molecular weight is 294 g/mol. The predicted octanol–water partition coefficient (Wildman–Crippen LogP) is 3.00. The maximum Gasteiger partial charge on any atom is 0.101 e. The number of nitrogens with two attached hydrogens (primary N) is 1. The van der Waals surface area contributed by atoms with Gasteiger partial charge in [-0.1, -0.05) is 15.9 Å². The fourth-order valence-electron chi connectivity index (χ4n) is 2.22. The van der Waals surface area contributed by atoms with Crippen molar-refractivity contribution in [2.24, 2.45) is 5.73 Å². The topological polar surface area (TPSA) is 61.8 Å². The number of rotatable bonds is 2. The minimum atomic E-state index is 0.353. The summed E-state index contributed by atoms with van der Waals surface area (Å²) in [7, 11) is 0. The Morgan fingerprint density at radius 3 is 2.65 bits per heavy atom. The van der Waals surface area contributed by atoms with Crippen molar-refractivity contribution in [3.8, 4) is 6.07 Å². The molecule has 0 unspecified atom stereocenters. The van der Waals surface area contributed by atoms with E-state index in [0.717, 1.165) is 35.8 Å². The molecule has 0 radical (unpaired) electrons. The molecule has 0 heterocycles. The number of hydrogen-bond acceptors (Lipinski definition) is 3. The minimum Gasteiger partial charge on any atom is -0.381 e. The first-order chi connectivity index (χ1) is 8.19. The summed E-state index contributed by atoms with van der Waals surface area (Å²) in [5, 5.41) is 12.5. The second kappa shape index (κ2) is 5.52. The first-order valence-corrected chi connectivity index (χ1v) is 6.70. The minimum absolute atomic E-state index is 0.353. The lowest BCUT2D eigenvalue weighted by Gasteiger charge is -2.28. The van der Waals surface area contributed by atoms with Crippen LogP contribution in [0.5, 0.6) is 0 Å². The third kappa shape index (κ3) is 3.21. The molecule has 0 aliphatic heterocycles. The van der Waals surface area contributed by atoms with Crippen molar-refractivity contribution in [3.63, 3.8) is 0 Å². The van der Waals surface area contributed by atoms with Crippen LogP contribution in [0.15, 0.2) is 22.7 Å². The molecule has 1 aliphatic rings. The number of benzene rings is 1. The highest BCUT2D eigenvalue weighted by Gasteiger charge is 2.19. The molecule has 3 nitrogen and oxygen atoms in total. The molecular weight excluding hydrogens is 278 g/mol. The van der Waals surface area contributed by atoms with E-state index in [4.69, 9.17) is 11.0 Å². The van der Waals surface area contributed by atoms with Crippen molar-refractivity contribution >= 4 is 21.6 Å². The van der Waals surface area contributed by atoms with Gasteiger partial charge in [0, 0.05) is 16.6 Å². The zero-order valence-electron chi connectivity index (χ0n) is 9.62. The highest BCUT2D eigenvalue weighted by atomic mass is 79.9. The van der Waals surface area contributed by atoms with Crippen LogP contribution in [0.2, 0.25) is 0 Å². The second-order valence-electron chi connectivity index (χ2n) is 4.56. The smallest absolute Gasteiger partial charge is 0.101 e. The first-order valence-electron chi connectivity index (χ1n) is 5.91. The van der Waals surface area contributed by atoms with Gasteiger partial charge in [0.25, 0.3) is 0 Å². The van der Waals surface area contributed by atoms with E-state index in [1.54, 1.807) is 0 Å². The molecule has 0 atom stereocenters. The Bertz CT molecular complexity index is 431. The van der Waals surface area contributed by atoms with Gasteiger partial charge in [0.15, 0.2) is 0 Å². The standard InChI is InChI=1S/C13H16BrN3/c14-10-2-1-9(8-15)13(7-10)17-12-5-3-11(16)4-6-12/h1-2,7,11-12,17H,3-6,16H2. The van der Waals surface area contributed by atoms with Crippen LogP contribution in [0.4, 0.5) is 5.69 Å². The molecule has 1 aromatic carbocycles. The number of nitrogens with zero attached hydrogens (tertiary/aromatic N) is 1. The number of nitriles is 1. The number of nitrogens with one attached hydrogen (secondary N) is 1. The number of anilines is 1. The Balaban J connectivity index is 2.08. The van der Waals surface area contributed by atoms with Crippen LogP contribution in [0.25, 0.3) is 0 Å². The normalized spacial score (nSPS) is 24.1. The zero-order chi connectivity index (χ0) is 12.3. The van der Waals surface area contributed by atoms with Crippen molar-refractivity contribution in [2.45, 2.75) is 37.8 Å². The lowest BCUT2D eigenvalue weighted by atomic mass is 9.91. The van der Waals surface area contributed by atoms with Gasteiger partial charge in [0.05, 0.1) is 11.3 Å². The van der Waals surface area contributed by atoms with Crippen molar-refractivity contribution in [1.82, 2.24) is 0 Å². The molecule has 0 amide bonds. The summed E-state index contributed by atoms with van der Waals surface area (Å²) in [6.07, 6.45) is 4.29. The van der Waals surface area contributed by atoms with Gasteiger partial charge in [-0.2, -0.15) is 5.26 Å². The SMILES string of the molecule is N#Cc1ccc(Br)cc1NC1CCC(N)CC1. The van der Waals surface area contributed by atoms with Crippen molar-refractivity contribution in [2.75, 3.05) is 5.32 Å². The quantitative estimate of drug-likeness (QED) is 0.881.